The molecule has 0 radical (unpaired) electrons. The van der Waals surface area contributed by atoms with Crippen LogP contribution in [0.3, 0.4) is 0 Å². The number of benzene rings is 2. The van der Waals surface area contributed by atoms with Gasteiger partial charge in [0.2, 0.25) is 5.91 Å². The molecule has 2 aromatic rings. The molecule has 1 fully saturated rings. The Balaban J connectivity index is 1.91. The maximum atomic E-state index is 12.7. The fourth-order valence-corrected chi connectivity index (χ4v) is 3.76. The van der Waals surface area contributed by atoms with E-state index in [1.807, 2.05) is 36.2 Å². The van der Waals surface area contributed by atoms with Crippen molar-refractivity contribution in [3.05, 3.63) is 58.6 Å². The fraction of sp³-hybridized carbons (Fsp3) is 0.278. The van der Waals surface area contributed by atoms with Gasteiger partial charge in [-0.3, -0.25) is 4.79 Å². The number of hydrogen-bond acceptors (Lipinski definition) is 2. The number of likely N-dealkylation sites (N-methyl/N-ethyl adjacent to an activating group) is 1. The van der Waals surface area contributed by atoms with Crippen LogP contribution >= 0.6 is 11.6 Å². The summed E-state index contributed by atoms with van der Waals surface area (Å²) in [5, 5.41) is 0.634. The Hall–Kier alpha value is -2.00. The van der Waals surface area contributed by atoms with E-state index in [1.165, 1.54) is 5.56 Å². The highest BCUT2D eigenvalue weighted by atomic mass is 35.5. The van der Waals surface area contributed by atoms with Crippen molar-refractivity contribution in [2.24, 2.45) is 5.92 Å². The Morgan fingerprint density at radius 1 is 1.23 bits per heavy atom. The minimum Gasteiger partial charge on any atom is -0.457 e. The second kappa shape index (κ2) is 5.03. The number of hydrogen-bond donors (Lipinski definition) is 0. The van der Waals surface area contributed by atoms with Gasteiger partial charge in [-0.05, 0) is 48.2 Å². The molecule has 3 nitrogen and oxygen atoms in total. The number of nitrogens with zero attached hydrogens (tertiary/aromatic N) is 1. The lowest BCUT2D eigenvalue weighted by molar-refractivity contribution is -0.127. The van der Waals surface area contributed by atoms with Crippen molar-refractivity contribution in [3.63, 3.8) is 0 Å². The molecule has 2 atom stereocenters. The first-order valence-electron chi connectivity index (χ1n) is 7.43. The molecule has 2 unspecified atom stereocenters. The molecule has 2 aromatic carbocycles. The maximum Gasteiger partial charge on any atom is 0.230 e. The molecule has 4 rings (SSSR count). The number of likely N-dealkylation sites (tertiary alicyclic amines) is 1. The van der Waals surface area contributed by atoms with E-state index in [2.05, 4.69) is 12.1 Å². The summed E-state index contributed by atoms with van der Waals surface area (Å²) in [5.74, 6) is 1.73. The van der Waals surface area contributed by atoms with Crippen molar-refractivity contribution in [2.45, 2.75) is 12.3 Å². The van der Waals surface area contributed by atoms with E-state index in [9.17, 15) is 4.79 Å². The molecule has 0 aromatic heterocycles. The van der Waals surface area contributed by atoms with Crippen LogP contribution in [0.4, 0.5) is 0 Å². The van der Waals surface area contributed by atoms with Gasteiger partial charge in [0, 0.05) is 24.2 Å². The molecule has 0 spiro atoms. The quantitative estimate of drug-likeness (QED) is 0.739. The van der Waals surface area contributed by atoms with E-state index in [-0.39, 0.29) is 17.7 Å². The Bertz CT molecular complexity index is 759. The van der Waals surface area contributed by atoms with Gasteiger partial charge >= 0.3 is 0 Å². The third kappa shape index (κ3) is 2.17. The fourth-order valence-electron chi connectivity index (χ4n) is 3.58. The van der Waals surface area contributed by atoms with Gasteiger partial charge in [0.05, 0.1) is 5.92 Å². The number of carbonyl (C=O) groups excluding carboxylic acids is 1. The average molecular weight is 314 g/mol. The van der Waals surface area contributed by atoms with Gasteiger partial charge in [-0.25, -0.2) is 0 Å². The second-order valence-corrected chi connectivity index (χ2v) is 6.53. The van der Waals surface area contributed by atoms with Gasteiger partial charge in [0.25, 0.3) is 0 Å². The minimum atomic E-state index is -0.187. The first-order chi connectivity index (χ1) is 10.6. The summed E-state index contributed by atoms with van der Waals surface area (Å²) < 4.78 is 6.04. The predicted octanol–water partition coefficient (Wildman–Crippen LogP) is 3.86. The van der Waals surface area contributed by atoms with Crippen LogP contribution in [0.2, 0.25) is 5.02 Å². The molecule has 1 amide bonds. The standard InChI is InChI=1S/C18H16ClNO2/c1-20-10-12-7-11-3-2-4-14(8-11)22-16-6-5-13(19)9-15(16)17(12)18(20)21/h2-6,8-9,12,17H,7,10H2,1H3. The van der Waals surface area contributed by atoms with Gasteiger partial charge in [-0.1, -0.05) is 23.7 Å². The lowest BCUT2D eigenvalue weighted by Crippen LogP contribution is -2.21. The van der Waals surface area contributed by atoms with Crippen LogP contribution in [-0.4, -0.2) is 24.4 Å². The van der Waals surface area contributed by atoms with E-state index in [0.717, 1.165) is 30.0 Å². The number of halogens is 1. The van der Waals surface area contributed by atoms with Crippen molar-refractivity contribution in [1.29, 1.82) is 0 Å². The van der Waals surface area contributed by atoms with Gasteiger partial charge in [-0.15, -0.1) is 0 Å². The molecule has 0 aliphatic carbocycles. The minimum absolute atomic E-state index is 0.145. The van der Waals surface area contributed by atoms with E-state index in [4.69, 9.17) is 16.3 Å². The summed E-state index contributed by atoms with van der Waals surface area (Å²) in [7, 11) is 1.86. The molecule has 2 bridgehead atoms. The summed E-state index contributed by atoms with van der Waals surface area (Å²) in [4.78, 5) is 14.5. The normalized spacial score (nSPS) is 23.0. The smallest absolute Gasteiger partial charge is 0.230 e. The van der Waals surface area contributed by atoms with E-state index in [1.54, 1.807) is 6.07 Å². The van der Waals surface area contributed by atoms with Crippen LogP contribution in [0.15, 0.2) is 42.5 Å². The van der Waals surface area contributed by atoms with Crippen LogP contribution in [-0.2, 0) is 11.2 Å². The molecule has 1 saturated heterocycles. The molecule has 4 heteroatoms. The first-order valence-corrected chi connectivity index (χ1v) is 7.81. The number of amides is 1. The van der Waals surface area contributed by atoms with Crippen LogP contribution in [0.5, 0.6) is 11.5 Å². The Morgan fingerprint density at radius 2 is 2.09 bits per heavy atom. The summed E-state index contributed by atoms with van der Waals surface area (Å²) in [6.45, 7) is 0.764. The Labute approximate surface area is 134 Å². The van der Waals surface area contributed by atoms with Crippen molar-refractivity contribution in [1.82, 2.24) is 4.90 Å². The van der Waals surface area contributed by atoms with Crippen molar-refractivity contribution >= 4 is 17.5 Å². The topological polar surface area (TPSA) is 29.5 Å². The molecule has 22 heavy (non-hydrogen) atoms. The van der Waals surface area contributed by atoms with Crippen molar-refractivity contribution in [2.75, 3.05) is 13.6 Å². The highest BCUT2D eigenvalue weighted by Gasteiger charge is 2.41. The molecular weight excluding hydrogens is 298 g/mol. The molecule has 0 saturated carbocycles. The summed E-state index contributed by atoms with van der Waals surface area (Å²) >= 11 is 6.18. The second-order valence-electron chi connectivity index (χ2n) is 6.09. The Kier molecular flexibility index (Phi) is 3.12. The zero-order valence-electron chi connectivity index (χ0n) is 12.3. The van der Waals surface area contributed by atoms with Gasteiger partial charge in [-0.2, -0.15) is 0 Å². The molecule has 0 N–H and O–H groups in total. The van der Waals surface area contributed by atoms with Crippen molar-refractivity contribution in [3.8, 4) is 11.5 Å². The van der Waals surface area contributed by atoms with Gasteiger partial charge in [0.1, 0.15) is 11.5 Å². The lowest BCUT2D eigenvalue weighted by atomic mass is 9.84. The number of ether oxygens (including phenoxy) is 1. The largest absolute Gasteiger partial charge is 0.457 e. The average Bonchev–Trinajstić information content (AvgIpc) is 2.77. The third-order valence-electron chi connectivity index (χ3n) is 4.55. The zero-order chi connectivity index (χ0) is 15.3. The highest BCUT2D eigenvalue weighted by Crippen LogP contribution is 2.43. The molecule has 2 heterocycles. The lowest BCUT2D eigenvalue weighted by Gasteiger charge is -2.18. The van der Waals surface area contributed by atoms with Crippen LogP contribution in [0, 0.1) is 5.92 Å². The zero-order valence-corrected chi connectivity index (χ0v) is 13.0. The van der Waals surface area contributed by atoms with Gasteiger partial charge < -0.3 is 9.64 Å². The maximum absolute atomic E-state index is 12.7. The molecular formula is C18H16ClNO2. The highest BCUT2D eigenvalue weighted by molar-refractivity contribution is 6.30. The van der Waals surface area contributed by atoms with Gasteiger partial charge in [0.15, 0.2) is 0 Å². The summed E-state index contributed by atoms with van der Waals surface area (Å²) in [5.41, 5.74) is 2.10. The molecule has 2 aliphatic rings. The van der Waals surface area contributed by atoms with E-state index in [0.29, 0.717) is 5.02 Å². The SMILES string of the molecule is CN1CC2Cc3cccc(c3)Oc3ccc(Cl)cc3C2C1=O. The predicted molar refractivity (Wildman–Crippen MR) is 85.5 cm³/mol. The van der Waals surface area contributed by atoms with Crippen LogP contribution in [0.1, 0.15) is 17.0 Å². The molecule has 2 aliphatic heterocycles. The number of carbonyl (C=O) groups is 1. The molecule has 112 valence electrons. The number of rotatable bonds is 0. The Morgan fingerprint density at radius 3 is 2.95 bits per heavy atom. The first kappa shape index (κ1) is 13.6. The summed E-state index contributed by atoms with van der Waals surface area (Å²) in [6.07, 6.45) is 0.865. The van der Waals surface area contributed by atoms with Crippen LogP contribution < -0.4 is 4.74 Å². The number of fused-ring (bicyclic) bond motifs is 5. The van der Waals surface area contributed by atoms with Crippen LogP contribution in [0.25, 0.3) is 0 Å². The van der Waals surface area contributed by atoms with E-state index < -0.39 is 0 Å². The third-order valence-corrected chi connectivity index (χ3v) is 4.79. The van der Waals surface area contributed by atoms with E-state index >= 15 is 0 Å². The monoisotopic (exact) mass is 313 g/mol. The summed E-state index contributed by atoms with van der Waals surface area (Å²) in [6, 6.07) is 13.6. The van der Waals surface area contributed by atoms with Crippen molar-refractivity contribution < 1.29 is 9.53 Å².